The maximum Gasteiger partial charge on any atom is 0.239 e. The molecule has 136 valence electrons. The van der Waals surface area contributed by atoms with Gasteiger partial charge in [-0.25, -0.2) is 0 Å². The van der Waals surface area contributed by atoms with Crippen LogP contribution < -0.4 is 5.32 Å². The number of ketones is 1. The summed E-state index contributed by atoms with van der Waals surface area (Å²) in [4.78, 5) is 26.0. The van der Waals surface area contributed by atoms with E-state index in [-0.39, 0.29) is 24.0 Å². The predicted molar refractivity (Wildman–Crippen MR) is 108 cm³/mol. The molecule has 2 atom stereocenters. The summed E-state index contributed by atoms with van der Waals surface area (Å²) in [7, 11) is 0. The maximum atomic E-state index is 13.3. The first-order valence-electron chi connectivity index (χ1n) is 8.71. The lowest BCUT2D eigenvalue weighted by Crippen LogP contribution is -2.43. The molecule has 0 aromatic heterocycles. The van der Waals surface area contributed by atoms with Crippen LogP contribution in [0.1, 0.15) is 30.4 Å². The minimum Gasteiger partial charge on any atom is -0.325 e. The summed E-state index contributed by atoms with van der Waals surface area (Å²) < 4.78 is 0. The van der Waals surface area contributed by atoms with Crippen molar-refractivity contribution in [2.75, 3.05) is 5.32 Å². The molecule has 1 N–H and O–H groups in total. The summed E-state index contributed by atoms with van der Waals surface area (Å²) >= 11 is 12.3. The van der Waals surface area contributed by atoms with E-state index in [0.29, 0.717) is 21.3 Å². The lowest BCUT2D eigenvalue weighted by atomic mass is 9.62. The van der Waals surface area contributed by atoms with Gasteiger partial charge in [-0.1, -0.05) is 59.6 Å². The second-order valence-electron chi connectivity index (χ2n) is 6.85. The summed E-state index contributed by atoms with van der Waals surface area (Å²) in [5, 5.41) is 4.08. The lowest BCUT2D eigenvalue weighted by molar-refractivity contribution is -0.121. The number of Topliss-reactive ketones (excluding diaryl/α,β-unsaturated/α-hetero) is 1. The molecule has 0 saturated heterocycles. The number of carbonyl (C=O) groups excluding carboxylic acids is 2. The highest BCUT2D eigenvalue weighted by molar-refractivity contribution is 6.31. The number of carbonyl (C=O) groups is 2. The first kappa shape index (κ1) is 18.0. The number of benzene rings is 2. The highest BCUT2D eigenvalue weighted by atomic mass is 35.5. The quantitative estimate of drug-likeness (QED) is 0.732. The van der Waals surface area contributed by atoms with Crippen LogP contribution in [0.25, 0.3) is 0 Å². The fraction of sp³-hybridized carbons (Fsp3) is 0.182. The Morgan fingerprint density at radius 1 is 1.11 bits per heavy atom. The normalized spacial score (nSPS) is 24.3. The van der Waals surface area contributed by atoms with E-state index in [9.17, 15) is 9.59 Å². The molecule has 1 amide bonds. The van der Waals surface area contributed by atoms with Crippen molar-refractivity contribution in [3.05, 3.63) is 87.4 Å². The van der Waals surface area contributed by atoms with Crippen LogP contribution in [0, 0.1) is 0 Å². The van der Waals surface area contributed by atoms with Crippen LogP contribution in [0.5, 0.6) is 0 Å². The van der Waals surface area contributed by atoms with Gasteiger partial charge in [0.25, 0.3) is 0 Å². The second-order valence-corrected chi connectivity index (χ2v) is 7.72. The van der Waals surface area contributed by atoms with Crippen LogP contribution in [0.15, 0.2) is 66.3 Å². The molecule has 4 rings (SSSR count). The molecule has 27 heavy (non-hydrogen) atoms. The van der Waals surface area contributed by atoms with Gasteiger partial charge in [-0.15, -0.1) is 0 Å². The number of fused-ring (bicyclic) bond motifs is 2. The Kier molecular flexibility index (Phi) is 4.45. The van der Waals surface area contributed by atoms with Crippen LogP contribution in [0.2, 0.25) is 10.0 Å². The van der Waals surface area contributed by atoms with Gasteiger partial charge in [0, 0.05) is 33.6 Å². The van der Waals surface area contributed by atoms with Crippen molar-refractivity contribution in [2.45, 2.75) is 24.7 Å². The Morgan fingerprint density at radius 2 is 1.89 bits per heavy atom. The molecule has 2 aromatic rings. The molecule has 3 nitrogen and oxygen atoms in total. The van der Waals surface area contributed by atoms with Crippen LogP contribution in [0.4, 0.5) is 5.69 Å². The van der Waals surface area contributed by atoms with Gasteiger partial charge in [-0.2, -0.15) is 0 Å². The van der Waals surface area contributed by atoms with Crippen molar-refractivity contribution in [3.8, 4) is 0 Å². The van der Waals surface area contributed by atoms with Gasteiger partial charge >= 0.3 is 0 Å². The van der Waals surface area contributed by atoms with Crippen LogP contribution in [0.3, 0.4) is 0 Å². The molecule has 1 heterocycles. The van der Waals surface area contributed by atoms with Gasteiger partial charge in [0.2, 0.25) is 5.91 Å². The van der Waals surface area contributed by atoms with Gasteiger partial charge in [-0.3, -0.25) is 9.59 Å². The topological polar surface area (TPSA) is 46.2 Å². The van der Waals surface area contributed by atoms with E-state index < -0.39 is 5.41 Å². The zero-order chi connectivity index (χ0) is 19.2. The summed E-state index contributed by atoms with van der Waals surface area (Å²) in [6.45, 7) is 1.85. The molecule has 0 radical (unpaired) electrons. The first-order valence-corrected chi connectivity index (χ1v) is 9.47. The van der Waals surface area contributed by atoms with E-state index in [1.54, 1.807) is 30.4 Å². The standard InChI is InChI=1S/C22H17Cl2NO2/c1-2-4-14-12-22(17-8-7-16(24)10-19(17)25-21(22)27)18(11-20(14)26)13-5-3-6-15(23)9-13/h2-10,12,18H,11H2,1H3,(H,25,27)/b4-2+/t18-,22-/m0/s1. The van der Waals surface area contributed by atoms with Crippen LogP contribution in [-0.4, -0.2) is 11.7 Å². The van der Waals surface area contributed by atoms with Crippen LogP contribution >= 0.6 is 23.2 Å². The Balaban J connectivity index is 2.00. The molecule has 5 heteroatoms. The van der Waals surface area contributed by atoms with Crippen molar-refractivity contribution in [3.63, 3.8) is 0 Å². The molecule has 1 spiro atoms. The monoisotopic (exact) mass is 397 g/mol. The van der Waals surface area contributed by atoms with E-state index >= 15 is 0 Å². The largest absolute Gasteiger partial charge is 0.325 e. The highest BCUT2D eigenvalue weighted by Gasteiger charge is 2.54. The van der Waals surface area contributed by atoms with E-state index in [0.717, 1.165) is 11.1 Å². The molecule has 0 fully saturated rings. The molecule has 0 bridgehead atoms. The zero-order valence-electron chi connectivity index (χ0n) is 14.6. The smallest absolute Gasteiger partial charge is 0.239 e. The number of amides is 1. The van der Waals surface area contributed by atoms with Gasteiger partial charge in [0.15, 0.2) is 5.78 Å². The fourth-order valence-corrected chi connectivity index (χ4v) is 4.50. The number of hydrogen-bond acceptors (Lipinski definition) is 2. The third-order valence-electron chi connectivity index (χ3n) is 5.29. The Morgan fingerprint density at radius 3 is 2.63 bits per heavy atom. The number of allylic oxidation sites excluding steroid dienone is 3. The number of halogens is 2. The van der Waals surface area contributed by atoms with Gasteiger partial charge in [0.05, 0.1) is 0 Å². The third-order valence-corrected chi connectivity index (χ3v) is 5.76. The summed E-state index contributed by atoms with van der Waals surface area (Å²) in [6, 6.07) is 12.8. The Hall–Kier alpha value is -2.36. The molecule has 1 aliphatic carbocycles. The minimum absolute atomic E-state index is 0.0129. The molecule has 1 aliphatic heterocycles. The number of hydrogen-bond donors (Lipinski definition) is 1. The van der Waals surface area contributed by atoms with Gasteiger partial charge in [0.1, 0.15) is 5.41 Å². The molecule has 0 saturated carbocycles. The fourth-order valence-electron chi connectivity index (χ4n) is 4.13. The van der Waals surface area contributed by atoms with E-state index in [4.69, 9.17) is 23.2 Å². The number of nitrogens with one attached hydrogen (secondary N) is 1. The van der Waals surface area contributed by atoms with Crippen LogP contribution in [-0.2, 0) is 15.0 Å². The molecule has 2 aliphatic rings. The lowest BCUT2D eigenvalue weighted by Gasteiger charge is -2.37. The molecule has 0 unspecified atom stereocenters. The maximum absolute atomic E-state index is 13.3. The average molecular weight is 398 g/mol. The molecular weight excluding hydrogens is 381 g/mol. The summed E-state index contributed by atoms with van der Waals surface area (Å²) in [6.07, 6.45) is 5.61. The predicted octanol–water partition coefficient (Wildman–Crippen LogP) is 5.44. The van der Waals surface area contributed by atoms with Crippen molar-refractivity contribution in [2.24, 2.45) is 0 Å². The molecule has 2 aromatic carbocycles. The van der Waals surface area contributed by atoms with Crippen molar-refractivity contribution in [1.29, 1.82) is 0 Å². The Labute approximate surface area is 167 Å². The van der Waals surface area contributed by atoms with Crippen molar-refractivity contribution >= 4 is 40.6 Å². The van der Waals surface area contributed by atoms with Crippen molar-refractivity contribution in [1.82, 2.24) is 0 Å². The Bertz CT molecular complexity index is 1020. The third kappa shape index (κ3) is 2.82. The van der Waals surface area contributed by atoms with E-state index in [1.165, 1.54) is 0 Å². The first-order chi connectivity index (χ1) is 13.0. The zero-order valence-corrected chi connectivity index (χ0v) is 16.1. The van der Waals surface area contributed by atoms with E-state index in [1.807, 2.05) is 37.3 Å². The number of anilines is 1. The van der Waals surface area contributed by atoms with Crippen molar-refractivity contribution < 1.29 is 9.59 Å². The second kappa shape index (κ2) is 6.66. The summed E-state index contributed by atoms with van der Waals surface area (Å²) in [5.41, 5.74) is 1.95. The summed E-state index contributed by atoms with van der Waals surface area (Å²) in [5.74, 6) is -0.488. The van der Waals surface area contributed by atoms with Gasteiger partial charge < -0.3 is 5.32 Å². The number of rotatable bonds is 2. The van der Waals surface area contributed by atoms with E-state index in [2.05, 4.69) is 5.32 Å². The molecular formula is C22H17Cl2NO2. The SMILES string of the molecule is C/C=C/C1=C[C@@]2(C(=O)Nc3cc(Cl)ccc32)[C@H](c2cccc(Cl)c2)CC1=O. The minimum atomic E-state index is -0.979. The average Bonchev–Trinajstić information content (AvgIpc) is 2.89. The highest BCUT2D eigenvalue weighted by Crippen LogP contribution is 2.53. The van der Waals surface area contributed by atoms with Gasteiger partial charge in [-0.05, 0) is 42.3 Å².